The molecular formula is C10H16F2O2. The minimum Gasteiger partial charge on any atom is -0.508 e. The molecular weight excluding hydrogens is 190 g/mol. The fourth-order valence-corrected chi connectivity index (χ4v) is 0.485. The average Bonchev–Trinajstić information content (AvgIpc) is 2.17. The van der Waals surface area contributed by atoms with Crippen molar-refractivity contribution in [2.24, 2.45) is 0 Å². The van der Waals surface area contributed by atoms with Crippen molar-refractivity contribution in [1.82, 2.24) is 0 Å². The van der Waals surface area contributed by atoms with E-state index >= 15 is 0 Å². The number of hydrogen-bond donors (Lipinski definition) is 1. The topological polar surface area (TPSA) is 29.5 Å². The lowest BCUT2D eigenvalue weighted by atomic mass is 10.3. The van der Waals surface area contributed by atoms with Crippen LogP contribution in [0.2, 0.25) is 0 Å². The Hall–Kier alpha value is -1.16. The van der Waals surface area contributed by atoms with Crippen LogP contribution in [0.3, 0.4) is 0 Å². The van der Waals surface area contributed by atoms with Crippen LogP contribution in [-0.2, 0) is 4.74 Å². The molecule has 0 heterocycles. The first-order valence-electron chi connectivity index (χ1n) is 4.16. The van der Waals surface area contributed by atoms with Crippen molar-refractivity contribution in [3.63, 3.8) is 0 Å². The molecule has 14 heavy (non-hydrogen) atoms. The van der Waals surface area contributed by atoms with Gasteiger partial charge in [0.05, 0.1) is 0 Å². The standard InChI is InChI=1S/C6H4F2O.C2H6O.C2H6/c7-5-2-1-4(9)3-6(5)8;1-3-2;1-2/h1-3,9H;1-2H3;1-2H3. The summed E-state index contributed by atoms with van der Waals surface area (Å²) in [6.07, 6.45) is 0. The second kappa shape index (κ2) is 9.92. The summed E-state index contributed by atoms with van der Waals surface area (Å²) in [5.74, 6) is -2.25. The highest BCUT2D eigenvalue weighted by Crippen LogP contribution is 2.12. The first kappa shape index (κ1) is 15.3. The van der Waals surface area contributed by atoms with Gasteiger partial charge in [0.25, 0.3) is 0 Å². The Kier molecular flexibility index (Phi) is 10.9. The van der Waals surface area contributed by atoms with Crippen LogP contribution < -0.4 is 0 Å². The molecule has 0 radical (unpaired) electrons. The number of phenolic OH excluding ortho intramolecular Hbond substituents is 1. The normalized spacial score (nSPS) is 7.86. The Morgan fingerprint density at radius 3 is 1.79 bits per heavy atom. The molecule has 0 aliphatic heterocycles. The Morgan fingerprint density at radius 1 is 1.07 bits per heavy atom. The van der Waals surface area contributed by atoms with Gasteiger partial charge in [-0.15, -0.1) is 0 Å². The summed E-state index contributed by atoms with van der Waals surface area (Å²) in [5.41, 5.74) is 0. The van der Waals surface area contributed by atoms with Gasteiger partial charge >= 0.3 is 0 Å². The summed E-state index contributed by atoms with van der Waals surface area (Å²) in [7, 11) is 3.25. The van der Waals surface area contributed by atoms with Crippen LogP contribution in [0.15, 0.2) is 18.2 Å². The third-order valence-corrected chi connectivity index (χ3v) is 0.903. The summed E-state index contributed by atoms with van der Waals surface area (Å²) in [5, 5.41) is 8.53. The number of methoxy groups -OCH3 is 1. The van der Waals surface area contributed by atoms with Crippen molar-refractivity contribution in [3.8, 4) is 5.75 Å². The molecule has 0 atom stereocenters. The van der Waals surface area contributed by atoms with Gasteiger partial charge < -0.3 is 9.84 Å². The van der Waals surface area contributed by atoms with Gasteiger partial charge in [-0.1, -0.05) is 13.8 Å². The summed E-state index contributed by atoms with van der Waals surface area (Å²) in [4.78, 5) is 0. The van der Waals surface area contributed by atoms with Crippen LogP contribution in [0.5, 0.6) is 5.75 Å². The van der Waals surface area contributed by atoms with Crippen molar-refractivity contribution < 1.29 is 18.6 Å². The highest BCUT2D eigenvalue weighted by Gasteiger charge is 1.99. The van der Waals surface area contributed by atoms with Crippen LogP contribution in [-0.4, -0.2) is 19.3 Å². The highest BCUT2D eigenvalue weighted by atomic mass is 19.2. The van der Waals surface area contributed by atoms with Crippen LogP contribution in [0, 0.1) is 11.6 Å². The third-order valence-electron chi connectivity index (χ3n) is 0.903. The highest BCUT2D eigenvalue weighted by molar-refractivity contribution is 5.21. The molecule has 0 aliphatic rings. The summed E-state index contributed by atoms with van der Waals surface area (Å²) < 4.78 is 28.3. The molecule has 0 unspecified atom stereocenters. The van der Waals surface area contributed by atoms with Gasteiger partial charge in [0.15, 0.2) is 11.6 Å². The Balaban J connectivity index is 0. The van der Waals surface area contributed by atoms with E-state index in [4.69, 9.17) is 5.11 Å². The molecule has 1 aromatic rings. The molecule has 82 valence electrons. The Labute approximate surface area is 83.1 Å². The van der Waals surface area contributed by atoms with Crippen molar-refractivity contribution in [3.05, 3.63) is 29.8 Å². The minimum absolute atomic E-state index is 0.270. The lowest BCUT2D eigenvalue weighted by Crippen LogP contribution is -1.79. The molecule has 0 saturated carbocycles. The molecule has 1 N–H and O–H groups in total. The number of phenols is 1. The van der Waals surface area contributed by atoms with Gasteiger partial charge in [0.2, 0.25) is 0 Å². The van der Waals surface area contributed by atoms with Crippen molar-refractivity contribution in [2.75, 3.05) is 14.2 Å². The number of ether oxygens (including phenoxy) is 1. The Bertz CT molecular complexity index is 240. The van der Waals surface area contributed by atoms with Gasteiger partial charge in [-0.3, -0.25) is 0 Å². The monoisotopic (exact) mass is 206 g/mol. The van der Waals surface area contributed by atoms with Gasteiger partial charge in [-0.2, -0.15) is 0 Å². The minimum atomic E-state index is -1.03. The quantitative estimate of drug-likeness (QED) is 0.707. The number of halogens is 2. The van der Waals surface area contributed by atoms with Crippen LogP contribution in [0.1, 0.15) is 13.8 Å². The molecule has 0 amide bonds. The third kappa shape index (κ3) is 7.49. The lowest BCUT2D eigenvalue weighted by Gasteiger charge is -1.90. The second-order valence-corrected chi connectivity index (χ2v) is 2.01. The van der Waals surface area contributed by atoms with E-state index in [0.29, 0.717) is 0 Å². The summed E-state index contributed by atoms with van der Waals surface area (Å²) >= 11 is 0. The predicted molar refractivity (Wildman–Crippen MR) is 52.3 cm³/mol. The number of aromatic hydroxyl groups is 1. The molecule has 0 aromatic heterocycles. The fraction of sp³-hybridized carbons (Fsp3) is 0.400. The van der Waals surface area contributed by atoms with E-state index in [1.807, 2.05) is 13.8 Å². The second-order valence-electron chi connectivity index (χ2n) is 2.01. The van der Waals surface area contributed by atoms with E-state index in [1.54, 1.807) is 14.2 Å². The maximum atomic E-state index is 12.0. The summed E-state index contributed by atoms with van der Waals surface area (Å²) in [6, 6.07) is 2.67. The molecule has 0 spiro atoms. The summed E-state index contributed by atoms with van der Waals surface area (Å²) in [6.45, 7) is 4.00. The number of benzene rings is 1. The molecule has 1 aromatic carbocycles. The molecule has 2 nitrogen and oxygen atoms in total. The zero-order valence-electron chi connectivity index (χ0n) is 8.84. The van der Waals surface area contributed by atoms with Crippen molar-refractivity contribution in [2.45, 2.75) is 13.8 Å². The predicted octanol–water partition coefficient (Wildman–Crippen LogP) is 2.96. The molecule has 0 bridgehead atoms. The zero-order chi connectivity index (χ0) is 11.6. The fourth-order valence-electron chi connectivity index (χ4n) is 0.485. The first-order valence-corrected chi connectivity index (χ1v) is 4.16. The van der Waals surface area contributed by atoms with Crippen LogP contribution in [0.25, 0.3) is 0 Å². The van der Waals surface area contributed by atoms with Crippen LogP contribution >= 0.6 is 0 Å². The van der Waals surface area contributed by atoms with Gasteiger partial charge in [0.1, 0.15) is 5.75 Å². The molecule has 0 fully saturated rings. The van der Waals surface area contributed by atoms with Crippen molar-refractivity contribution >= 4 is 0 Å². The van der Waals surface area contributed by atoms with E-state index in [2.05, 4.69) is 4.74 Å². The Morgan fingerprint density at radius 2 is 1.50 bits per heavy atom. The van der Waals surface area contributed by atoms with E-state index in [0.717, 1.165) is 18.2 Å². The number of hydrogen-bond acceptors (Lipinski definition) is 2. The maximum absolute atomic E-state index is 12.0. The van der Waals surface area contributed by atoms with Crippen LogP contribution in [0.4, 0.5) is 8.78 Å². The molecule has 1 rings (SSSR count). The first-order chi connectivity index (χ1) is 6.61. The van der Waals surface area contributed by atoms with E-state index in [1.165, 1.54) is 0 Å². The average molecular weight is 206 g/mol. The van der Waals surface area contributed by atoms with E-state index < -0.39 is 11.6 Å². The molecule has 0 saturated heterocycles. The molecule has 4 heteroatoms. The number of rotatable bonds is 0. The zero-order valence-corrected chi connectivity index (χ0v) is 8.84. The van der Waals surface area contributed by atoms with Gasteiger partial charge in [0, 0.05) is 20.3 Å². The van der Waals surface area contributed by atoms with E-state index in [-0.39, 0.29) is 5.75 Å². The van der Waals surface area contributed by atoms with Gasteiger partial charge in [-0.25, -0.2) is 8.78 Å². The SMILES string of the molecule is CC.COC.Oc1ccc(F)c(F)c1. The molecule has 0 aliphatic carbocycles. The maximum Gasteiger partial charge on any atom is 0.162 e. The lowest BCUT2D eigenvalue weighted by molar-refractivity contribution is 0.277. The van der Waals surface area contributed by atoms with Crippen molar-refractivity contribution in [1.29, 1.82) is 0 Å². The van der Waals surface area contributed by atoms with Gasteiger partial charge in [-0.05, 0) is 12.1 Å². The van der Waals surface area contributed by atoms with E-state index in [9.17, 15) is 8.78 Å². The smallest absolute Gasteiger partial charge is 0.162 e. The largest absolute Gasteiger partial charge is 0.508 e.